The summed E-state index contributed by atoms with van der Waals surface area (Å²) in [4.78, 5) is 86.4. The molecule has 71 heavy (non-hydrogen) atoms. The van der Waals surface area contributed by atoms with Crippen LogP contribution in [0, 0.1) is 16.7 Å². The molecule has 3 aliphatic heterocycles. The molecule has 4 aliphatic rings. The average Bonchev–Trinajstić information content (AvgIpc) is 4.09. The number of nitrogens with one attached hydrogen (secondary N) is 2. The van der Waals surface area contributed by atoms with E-state index in [-0.39, 0.29) is 54.5 Å². The lowest BCUT2D eigenvalue weighted by Gasteiger charge is -2.47. The molecule has 8 rings (SSSR count). The molecule has 0 unspecified atom stereocenters. The number of urea groups is 1. The van der Waals surface area contributed by atoms with E-state index in [4.69, 9.17) is 19.4 Å². The highest BCUT2D eigenvalue weighted by molar-refractivity contribution is 7.10. The van der Waals surface area contributed by atoms with Gasteiger partial charge in [-0.15, -0.1) is 11.3 Å². The van der Waals surface area contributed by atoms with E-state index in [2.05, 4.69) is 66.9 Å². The monoisotopic (exact) mass is 992 g/mol. The number of fused-ring (bicyclic) bond motifs is 7. The first kappa shape index (κ1) is 51.7. The van der Waals surface area contributed by atoms with Gasteiger partial charge in [-0.05, 0) is 101 Å². The maximum Gasteiger partial charge on any atom is 0.325 e. The predicted octanol–water partition coefficient (Wildman–Crippen LogP) is 7.56. The van der Waals surface area contributed by atoms with Crippen molar-refractivity contribution >= 4 is 52.0 Å². The van der Waals surface area contributed by atoms with Crippen LogP contribution in [0.5, 0.6) is 0 Å². The number of amides is 5. The molecule has 4 aromatic rings. The molecule has 16 nitrogen and oxygen atoms in total. The van der Waals surface area contributed by atoms with E-state index in [1.807, 2.05) is 46.1 Å². The quantitative estimate of drug-likeness (QED) is 0.126. The van der Waals surface area contributed by atoms with Crippen LogP contribution < -0.4 is 10.7 Å². The molecule has 1 spiro atoms. The minimum Gasteiger partial charge on any atom is -0.464 e. The van der Waals surface area contributed by atoms with Crippen LogP contribution in [0.25, 0.3) is 33.4 Å². The molecule has 1 aliphatic carbocycles. The van der Waals surface area contributed by atoms with E-state index in [9.17, 15) is 19.2 Å². The van der Waals surface area contributed by atoms with Crippen LogP contribution in [0.4, 0.5) is 4.79 Å². The van der Waals surface area contributed by atoms with Gasteiger partial charge in [-0.3, -0.25) is 29.2 Å². The number of aromatic nitrogens is 3. The summed E-state index contributed by atoms with van der Waals surface area (Å²) in [7, 11) is 3.31. The van der Waals surface area contributed by atoms with E-state index in [0.717, 1.165) is 70.4 Å². The van der Waals surface area contributed by atoms with E-state index in [0.29, 0.717) is 44.0 Å². The number of hydrogen-bond donors (Lipinski definition) is 2. The Morgan fingerprint density at radius 1 is 1.08 bits per heavy atom. The van der Waals surface area contributed by atoms with Gasteiger partial charge in [0, 0.05) is 97.9 Å². The minimum absolute atomic E-state index is 0.0724. The third-order valence-corrected chi connectivity index (χ3v) is 16.4. The fraction of sp³-hybridized carbons (Fsp3) is 0.574. The Bertz CT molecular complexity index is 2660. The molecule has 17 heteroatoms. The van der Waals surface area contributed by atoms with Gasteiger partial charge in [-0.1, -0.05) is 53.2 Å². The Kier molecular flexibility index (Phi) is 15.2. The molecule has 3 fully saturated rings. The smallest absolute Gasteiger partial charge is 0.325 e. The van der Waals surface area contributed by atoms with Crippen molar-refractivity contribution in [3.63, 3.8) is 0 Å². The van der Waals surface area contributed by atoms with Crippen LogP contribution in [-0.2, 0) is 48.0 Å². The van der Waals surface area contributed by atoms with E-state index in [1.54, 1.807) is 30.2 Å². The lowest BCUT2D eigenvalue weighted by Crippen LogP contribution is -2.67. The first-order chi connectivity index (χ1) is 33.8. The maximum atomic E-state index is 15.1. The highest BCUT2D eigenvalue weighted by atomic mass is 32.1. The average molecular weight is 992 g/mol. The Morgan fingerprint density at radius 2 is 1.80 bits per heavy atom. The summed E-state index contributed by atoms with van der Waals surface area (Å²) in [6.07, 6.45) is 7.68. The van der Waals surface area contributed by atoms with Crippen LogP contribution in [-0.4, -0.2) is 135 Å². The molecule has 2 saturated heterocycles. The van der Waals surface area contributed by atoms with Gasteiger partial charge < -0.3 is 34.1 Å². The summed E-state index contributed by atoms with van der Waals surface area (Å²) in [6, 6.07) is 6.64. The van der Waals surface area contributed by atoms with Gasteiger partial charge >= 0.3 is 12.0 Å². The topological polar surface area (TPSA) is 172 Å². The number of thiazole rings is 1. The molecular weight excluding hydrogens is 919 g/mol. The second kappa shape index (κ2) is 20.8. The van der Waals surface area contributed by atoms with Gasteiger partial charge in [0.15, 0.2) is 0 Å². The fourth-order valence-corrected chi connectivity index (χ4v) is 12.7. The number of carbonyl (C=O) groups is 5. The van der Waals surface area contributed by atoms with Gasteiger partial charge in [0.2, 0.25) is 11.8 Å². The van der Waals surface area contributed by atoms with Crippen molar-refractivity contribution in [1.82, 2.24) is 45.0 Å². The Labute approximate surface area is 422 Å². The van der Waals surface area contributed by atoms with E-state index in [1.165, 1.54) is 27.3 Å². The Balaban J connectivity index is 1.19. The van der Waals surface area contributed by atoms with Crippen molar-refractivity contribution in [2.24, 2.45) is 16.7 Å². The van der Waals surface area contributed by atoms with Gasteiger partial charge in [0.05, 0.1) is 34.8 Å². The molecular formula is C54H73N9O7S. The van der Waals surface area contributed by atoms with E-state index < -0.39 is 41.3 Å². The number of hydrazine groups is 1. The summed E-state index contributed by atoms with van der Waals surface area (Å²) in [5, 5.41) is 8.29. The number of hydrogen-bond acceptors (Lipinski definition) is 11. The number of nitrogens with zero attached hydrogens (tertiary/aromatic N) is 7. The van der Waals surface area contributed by atoms with Crippen LogP contribution in [0.3, 0.4) is 0 Å². The molecule has 3 aromatic heterocycles. The number of ether oxygens (including phenoxy) is 2. The van der Waals surface area contributed by atoms with Gasteiger partial charge in [-0.2, -0.15) is 0 Å². The standard InChI is InChI=1S/C54H73N9O7S/c1-12-44(64)60-28-33(5)63(34(6)29-60)52(68)59(10)46(32(3)4)49(65)57-40-26-43-56-41(30-71-43)36-18-19-42-38(25-36)39(47(61(42)13-2)37-17-16-23-55-45(37)35(7)69-11)27-53(8,9)31-70-51(67)48-54(20-14-15-21-54)22-24-62(58-48)50(40)66/h12,16-19,23,25,30,32-35,40,46,48,58H,1,13-15,20-22,24,26-29,31H2,2-11H3,(H,57,65)/t33-,34-,35+,40+,46+,48-/m1/s1. The number of methoxy groups -OCH3 is 1. The minimum atomic E-state index is -1.10. The number of esters is 1. The lowest BCUT2D eigenvalue weighted by atomic mass is 9.74. The van der Waals surface area contributed by atoms with Crippen molar-refractivity contribution in [3.8, 4) is 22.5 Å². The van der Waals surface area contributed by atoms with Gasteiger partial charge in [0.1, 0.15) is 18.1 Å². The summed E-state index contributed by atoms with van der Waals surface area (Å²) in [5.74, 6) is -1.82. The van der Waals surface area contributed by atoms with Crippen LogP contribution in [0.1, 0.15) is 110 Å². The molecule has 2 N–H and O–H groups in total. The zero-order valence-corrected chi connectivity index (χ0v) is 44.1. The van der Waals surface area contributed by atoms with Crippen molar-refractivity contribution in [2.75, 3.05) is 40.4 Å². The summed E-state index contributed by atoms with van der Waals surface area (Å²) >= 11 is 1.42. The lowest BCUT2D eigenvalue weighted by molar-refractivity contribution is -0.163. The molecule has 6 heterocycles. The van der Waals surface area contributed by atoms with Crippen LogP contribution in [0.15, 0.2) is 54.6 Å². The van der Waals surface area contributed by atoms with Gasteiger partial charge in [0.25, 0.3) is 5.91 Å². The molecule has 1 saturated carbocycles. The second-order valence-electron chi connectivity index (χ2n) is 21.5. The zero-order chi connectivity index (χ0) is 51.1. The van der Waals surface area contributed by atoms with Crippen LogP contribution >= 0.6 is 11.3 Å². The third-order valence-electron chi connectivity index (χ3n) is 15.5. The molecule has 1 aromatic carbocycles. The largest absolute Gasteiger partial charge is 0.464 e. The number of rotatable bonds is 9. The third kappa shape index (κ3) is 10.1. The highest BCUT2D eigenvalue weighted by Gasteiger charge is 2.51. The normalized spacial score (nSPS) is 23.3. The first-order valence-corrected chi connectivity index (χ1v) is 26.3. The number of likely N-dealkylation sites (N-methyl/N-ethyl adjacent to an activating group) is 1. The fourth-order valence-electron chi connectivity index (χ4n) is 11.9. The van der Waals surface area contributed by atoms with Gasteiger partial charge in [-0.25, -0.2) is 15.2 Å². The Hall–Kier alpha value is -5.65. The molecule has 6 bridgehead atoms. The second-order valence-corrected chi connectivity index (χ2v) is 22.4. The maximum absolute atomic E-state index is 15.1. The summed E-state index contributed by atoms with van der Waals surface area (Å²) in [6.45, 7) is 21.4. The van der Waals surface area contributed by atoms with Crippen molar-refractivity contribution in [1.29, 1.82) is 0 Å². The SMILES string of the molecule is C=CC(=O)N1C[C@@H](C)N(C(=O)N(C)[C@H](C(=O)N[C@H]2Cc3nc(cs3)-c3ccc4c(c3)c(c(-c3cccnc3[C@H](C)OC)n4CC)CC(C)(C)COC(=O)[C@H]3NN(CCC34CCCC4)C2=O)C(C)C)[C@H](C)C1. The van der Waals surface area contributed by atoms with Crippen molar-refractivity contribution < 1.29 is 33.4 Å². The summed E-state index contributed by atoms with van der Waals surface area (Å²) in [5.41, 5.74) is 9.13. The first-order valence-electron chi connectivity index (χ1n) is 25.4. The van der Waals surface area contributed by atoms with Crippen LogP contribution in [0.2, 0.25) is 0 Å². The summed E-state index contributed by atoms with van der Waals surface area (Å²) < 4.78 is 14.6. The Morgan fingerprint density at radius 3 is 2.46 bits per heavy atom. The molecule has 6 atom stereocenters. The predicted molar refractivity (Wildman–Crippen MR) is 275 cm³/mol. The van der Waals surface area contributed by atoms with Crippen molar-refractivity contribution in [2.45, 2.75) is 143 Å². The molecule has 5 amide bonds. The number of cyclic esters (lactones) is 1. The number of piperazine rings is 1. The number of benzene rings is 1. The number of carbonyl (C=O) groups excluding carboxylic acids is 5. The number of aryl methyl sites for hydroxylation is 1. The molecule has 382 valence electrons. The van der Waals surface area contributed by atoms with Crippen molar-refractivity contribution in [3.05, 3.63) is 70.8 Å². The van der Waals surface area contributed by atoms with E-state index >= 15 is 4.79 Å². The number of pyridine rings is 1. The zero-order valence-electron chi connectivity index (χ0n) is 43.2. The highest BCUT2D eigenvalue weighted by Crippen LogP contribution is 2.47. The molecule has 0 radical (unpaired) electrons.